The average Bonchev–Trinajstić information content (AvgIpc) is 2.15. The van der Waals surface area contributed by atoms with Crippen LogP contribution >= 0.6 is 0 Å². The molecule has 0 atom stereocenters. The third-order valence-corrected chi connectivity index (χ3v) is 2.54. The highest BCUT2D eigenvalue weighted by molar-refractivity contribution is 5.45. The number of rotatable bonds is 5. The molecule has 0 aliphatic heterocycles. The average molecular weight is 226 g/mol. The second-order valence-electron chi connectivity index (χ2n) is 3.84. The molecule has 1 heterocycles. The van der Waals surface area contributed by atoms with Crippen LogP contribution in [0.15, 0.2) is 0 Å². The van der Waals surface area contributed by atoms with Gasteiger partial charge in [0.15, 0.2) is 0 Å². The van der Waals surface area contributed by atoms with Gasteiger partial charge in [-0.3, -0.25) is 0 Å². The molecular formula is C11H22N4O. The summed E-state index contributed by atoms with van der Waals surface area (Å²) in [4.78, 5) is 8.10. The zero-order chi connectivity index (χ0) is 11.3. The molecule has 0 unspecified atom stereocenters. The molecule has 0 fully saturated rings. The van der Waals surface area contributed by atoms with Crippen molar-refractivity contribution in [3.05, 3.63) is 11.3 Å². The van der Waals surface area contributed by atoms with Crippen molar-refractivity contribution in [2.24, 2.45) is 0 Å². The van der Waals surface area contributed by atoms with Crippen LogP contribution in [0.1, 0.15) is 43.9 Å². The van der Waals surface area contributed by atoms with E-state index >= 15 is 0 Å². The van der Waals surface area contributed by atoms with Gasteiger partial charge in [0.1, 0.15) is 5.82 Å². The summed E-state index contributed by atoms with van der Waals surface area (Å²) in [7, 11) is 0. The van der Waals surface area contributed by atoms with Crippen molar-refractivity contribution in [3.63, 3.8) is 0 Å². The molecule has 1 aromatic rings. The predicted octanol–water partition coefficient (Wildman–Crippen LogP) is 1.25. The van der Waals surface area contributed by atoms with Crippen LogP contribution in [0.3, 0.4) is 0 Å². The van der Waals surface area contributed by atoms with Gasteiger partial charge in [-0.25, -0.2) is 4.98 Å². The number of hydrogen-bond acceptors (Lipinski definition) is 4. The lowest BCUT2D eigenvalue weighted by atomic mass is 10.1. The molecule has 5 heteroatoms. The lowest BCUT2D eigenvalue weighted by Crippen LogP contribution is -2.07. The molecule has 1 aromatic heterocycles. The van der Waals surface area contributed by atoms with E-state index in [1.54, 1.807) is 0 Å². The number of unbranched alkanes of at least 4 members (excludes halogenated alkanes) is 3. The Morgan fingerprint density at radius 3 is 2.31 bits per heavy atom. The second kappa shape index (κ2) is 7.00. The van der Waals surface area contributed by atoms with Gasteiger partial charge in [-0.2, -0.15) is 4.98 Å². The first kappa shape index (κ1) is 14.6. The fourth-order valence-corrected chi connectivity index (χ4v) is 1.68. The van der Waals surface area contributed by atoms with E-state index in [1.165, 1.54) is 19.3 Å². The topological polar surface area (TPSA) is 109 Å². The smallest absolute Gasteiger partial charge is 0.222 e. The minimum atomic E-state index is 0. The lowest BCUT2D eigenvalue weighted by Gasteiger charge is -2.08. The molecule has 16 heavy (non-hydrogen) atoms. The largest absolute Gasteiger partial charge is 0.412 e. The molecule has 0 aliphatic carbocycles. The quantitative estimate of drug-likeness (QED) is 0.736. The first-order valence-electron chi connectivity index (χ1n) is 5.53. The summed E-state index contributed by atoms with van der Waals surface area (Å²) in [5.41, 5.74) is 13.3. The first-order chi connectivity index (χ1) is 7.15. The van der Waals surface area contributed by atoms with E-state index < -0.39 is 0 Å². The molecule has 92 valence electrons. The van der Waals surface area contributed by atoms with Crippen molar-refractivity contribution in [3.8, 4) is 0 Å². The zero-order valence-corrected chi connectivity index (χ0v) is 10.1. The fraction of sp³-hybridized carbons (Fsp3) is 0.636. The summed E-state index contributed by atoms with van der Waals surface area (Å²) >= 11 is 0. The molecule has 1 rings (SSSR count). The Hall–Kier alpha value is -1.36. The Balaban J connectivity index is 0.00000225. The number of hydrogen-bond donors (Lipinski definition) is 2. The highest BCUT2D eigenvalue weighted by atomic mass is 16.0. The van der Waals surface area contributed by atoms with Crippen LogP contribution in [0.4, 0.5) is 11.8 Å². The second-order valence-corrected chi connectivity index (χ2v) is 3.84. The van der Waals surface area contributed by atoms with Crippen LogP contribution in [0.5, 0.6) is 0 Å². The Morgan fingerprint density at radius 2 is 1.75 bits per heavy atom. The Bertz CT molecular complexity index is 305. The standard InChI is InChI=1S/C11H20N4.H2O/c1-3-4-5-6-7-9-8(2)14-11(13)15-10(9)12;/h3-7H2,1-2H3,(H4,12,13,14,15);1H2. The van der Waals surface area contributed by atoms with Crippen molar-refractivity contribution >= 4 is 11.8 Å². The van der Waals surface area contributed by atoms with Crippen LogP contribution < -0.4 is 11.5 Å². The third kappa shape index (κ3) is 4.02. The van der Waals surface area contributed by atoms with Gasteiger partial charge in [0.25, 0.3) is 0 Å². The van der Waals surface area contributed by atoms with E-state index in [9.17, 15) is 0 Å². The minimum absolute atomic E-state index is 0. The maximum Gasteiger partial charge on any atom is 0.222 e. The summed E-state index contributed by atoms with van der Waals surface area (Å²) in [5, 5.41) is 0. The van der Waals surface area contributed by atoms with Gasteiger partial charge in [-0.1, -0.05) is 26.2 Å². The van der Waals surface area contributed by atoms with Crippen LogP contribution in [0.25, 0.3) is 0 Å². The molecule has 5 nitrogen and oxygen atoms in total. The minimum Gasteiger partial charge on any atom is -0.412 e. The summed E-state index contributed by atoms with van der Waals surface area (Å²) in [6.07, 6.45) is 5.85. The van der Waals surface area contributed by atoms with Crippen molar-refractivity contribution in [1.82, 2.24) is 9.97 Å². The number of aryl methyl sites for hydroxylation is 1. The van der Waals surface area contributed by atoms with Crippen LogP contribution in [-0.2, 0) is 6.42 Å². The van der Waals surface area contributed by atoms with Gasteiger partial charge in [0, 0.05) is 11.3 Å². The summed E-state index contributed by atoms with van der Waals surface area (Å²) < 4.78 is 0. The van der Waals surface area contributed by atoms with Crippen molar-refractivity contribution in [2.45, 2.75) is 46.0 Å². The first-order valence-corrected chi connectivity index (χ1v) is 5.53. The van der Waals surface area contributed by atoms with Crippen LogP contribution in [0, 0.1) is 6.92 Å². The lowest BCUT2D eigenvalue weighted by molar-refractivity contribution is 0.664. The van der Waals surface area contributed by atoms with Gasteiger partial charge in [0.05, 0.1) is 0 Å². The number of aromatic nitrogens is 2. The fourth-order valence-electron chi connectivity index (χ4n) is 1.68. The van der Waals surface area contributed by atoms with Crippen LogP contribution in [0.2, 0.25) is 0 Å². The maximum absolute atomic E-state index is 5.81. The maximum atomic E-state index is 5.81. The zero-order valence-electron chi connectivity index (χ0n) is 10.1. The van der Waals surface area contributed by atoms with Gasteiger partial charge in [-0.05, 0) is 19.8 Å². The highest BCUT2D eigenvalue weighted by Crippen LogP contribution is 2.17. The SMILES string of the molecule is CCCCCCc1c(C)nc(N)nc1N.O. The Kier molecular flexibility index (Phi) is 6.41. The van der Waals surface area contributed by atoms with E-state index in [0.29, 0.717) is 5.82 Å². The Labute approximate surface area is 96.6 Å². The van der Waals surface area contributed by atoms with Gasteiger partial charge in [0.2, 0.25) is 5.95 Å². The van der Waals surface area contributed by atoms with Crippen LogP contribution in [-0.4, -0.2) is 15.4 Å². The summed E-state index contributed by atoms with van der Waals surface area (Å²) in [5.74, 6) is 0.804. The molecule has 0 spiro atoms. The normalized spacial score (nSPS) is 9.88. The van der Waals surface area contributed by atoms with Gasteiger partial charge < -0.3 is 16.9 Å². The molecule has 6 N–H and O–H groups in total. The van der Waals surface area contributed by atoms with E-state index in [-0.39, 0.29) is 11.4 Å². The molecule has 0 amide bonds. The molecule has 0 radical (unpaired) electrons. The van der Waals surface area contributed by atoms with E-state index in [4.69, 9.17) is 11.5 Å². The monoisotopic (exact) mass is 226 g/mol. The molecular weight excluding hydrogens is 204 g/mol. The molecule has 0 aromatic carbocycles. The molecule has 0 bridgehead atoms. The highest BCUT2D eigenvalue weighted by Gasteiger charge is 2.06. The third-order valence-electron chi connectivity index (χ3n) is 2.54. The molecule has 0 saturated heterocycles. The van der Waals surface area contributed by atoms with E-state index in [1.807, 2.05) is 6.92 Å². The molecule has 0 aliphatic rings. The summed E-state index contributed by atoms with van der Waals surface area (Å²) in [6, 6.07) is 0. The number of anilines is 2. The number of nitrogen functional groups attached to an aromatic ring is 2. The van der Waals surface area contributed by atoms with Crippen molar-refractivity contribution in [2.75, 3.05) is 11.5 Å². The number of nitrogens with two attached hydrogens (primary N) is 2. The molecule has 0 saturated carbocycles. The van der Waals surface area contributed by atoms with E-state index in [2.05, 4.69) is 16.9 Å². The summed E-state index contributed by atoms with van der Waals surface area (Å²) in [6.45, 7) is 4.13. The van der Waals surface area contributed by atoms with Crippen molar-refractivity contribution < 1.29 is 5.48 Å². The Morgan fingerprint density at radius 1 is 1.06 bits per heavy atom. The predicted molar refractivity (Wildman–Crippen MR) is 67.1 cm³/mol. The van der Waals surface area contributed by atoms with Crippen molar-refractivity contribution in [1.29, 1.82) is 0 Å². The van der Waals surface area contributed by atoms with Gasteiger partial charge >= 0.3 is 0 Å². The number of nitrogens with zero attached hydrogens (tertiary/aromatic N) is 2. The van der Waals surface area contributed by atoms with E-state index in [0.717, 1.165) is 24.1 Å². The van der Waals surface area contributed by atoms with Gasteiger partial charge in [-0.15, -0.1) is 0 Å².